The number of hydrogen-bond donors (Lipinski definition) is 4. The molecule has 4 N–H and O–H groups in total. The SMILES string of the molecule is CO[C@H]1C[C@H]2C=CC3C(C4[C@H]3[C@H](OC(=O)c3ccc(OC(C)=O)n3O)[C@H](C)[C@H]4O)[C@]2(O)/C(C)=C/[C@@H](C)[C@@H]([C@@H](C)O)OC1=O. The number of ether oxygens (including phenoxy) is 4. The third-order valence-electron chi connectivity index (χ3n) is 10.1. The van der Waals surface area contributed by atoms with Gasteiger partial charge < -0.3 is 39.5 Å². The Hall–Kier alpha value is -3.19. The minimum atomic E-state index is -1.47. The number of nitrogens with zero attached hydrogens (tertiary/aromatic N) is 1. The first kappa shape index (κ1) is 31.2. The van der Waals surface area contributed by atoms with E-state index in [-0.39, 0.29) is 29.8 Å². The first-order valence-electron chi connectivity index (χ1n) is 14.7. The molecule has 0 saturated heterocycles. The normalized spacial score (nSPS) is 42.2. The summed E-state index contributed by atoms with van der Waals surface area (Å²) in [4.78, 5) is 37.5. The number of methoxy groups -OCH3 is 1. The Balaban J connectivity index is 1.47. The molecule has 1 aromatic rings. The molecule has 43 heavy (non-hydrogen) atoms. The van der Waals surface area contributed by atoms with E-state index in [9.17, 15) is 34.9 Å². The van der Waals surface area contributed by atoms with Crippen molar-refractivity contribution in [3.8, 4) is 5.88 Å². The van der Waals surface area contributed by atoms with E-state index in [0.717, 1.165) is 0 Å². The molecule has 0 bridgehead atoms. The van der Waals surface area contributed by atoms with Crippen molar-refractivity contribution in [3.63, 3.8) is 0 Å². The van der Waals surface area contributed by atoms with Gasteiger partial charge in [-0.05, 0) is 43.7 Å². The molecular formula is C31H41NO11. The second-order valence-electron chi connectivity index (χ2n) is 12.6. The second kappa shape index (κ2) is 11.4. The van der Waals surface area contributed by atoms with Crippen molar-refractivity contribution in [1.29, 1.82) is 0 Å². The minimum Gasteiger partial charge on any atom is -0.457 e. The number of cyclic esters (lactones) is 1. The fourth-order valence-electron chi connectivity index (χ4n) is 8.08. The highest BCUT2D eigenvalue weighted by molar-refractivity contribution is 5.88. The third-order valence-corrected chi connectivity index (χ3v) is 10.1. The summed E-state index contributed by atoms with van der Waals surface area (Å²) in [5.74, 6) is -5.29. The first-order valence-corrected chi connectivity index (χ1v) is 14.7. The number of carbonyl (C=O) groups excluding carboxylic acids is 3. The molecule has 4 aliphatic rings. The summed E-state index contributed by atoms with van der Waals surface area (Å²) in [6.07, 6.45) is 1.34. The van der Waals surface area contributed by atoms with Gasteiger partial charge in [0.15, 0.2) is 11.8 Å². The summed E-state index contributed by atoms with van der Waals surface area (Å²) in [5.41, 5.74) is -1.07. The van der Waals surface area contributed by atoms with Gasteiger partial charge in [-0.15, -0.1) is 4.73 Å². The van der Waals surface area contributed by atoms with Crippen LogP contribution in [-0.2, 0) is 23.8 Å². The number of hydrogen-bond acceptors (Lipinski definition) is 11. The van der Waals surface area contributed by atoms with E-state index in [0.29, 0.717) is 10.3 Å². The zero-order chi connectivity index (χ0) is 31.5. The molecule has 2 heterocycles. The maximum Gasteiger partial charge on any atom is 0.358 e. The summed E-state index contributed by atoms with van der Waals surface area (Å²) in [6, 6.07) is 2.55. The predicted octanol–water partition coefficient (Wildman–Crippen LogP) is 1.88. The van der Waals surface area contributed by atoms with E-state index in [2.05, 4.69) is 0 Å². The fourth-order valence-corrected chi connectivity index (χ4v) is 8.08. The van der Waals surface area contributed by atoms with Crippen LogP contribution in [0.2, 0.25) is 0 Å². The standard InChI is InChI=1S/C31H41NO11/c1-13-11-14(2)31(38)18(12-21(40-6)30(37)42-27(13)16(4)33)7-8-19-23-24(25(19)31)26(35)15(3)28(23)43-29(36)20-9-10-22(32(20)39)41-17(5)34/h7-11,13,15-16,18-19,21,23-28,33,35,38-39H,12H2,1-6H3/b14-11+/t13-,15-,16-,18-,19?,21+,23+,24?,25?,26-,27+,28-,31+/m1/s1. The molecular weight excluding hydrogens is 562 g/mol. The van der Waals surface area contributed by atoms with Gasteiger partial charge >= 0.3 is 17.9 Å². The zero-order valence-corrected chi connectivity index (χ0v) is 25.1. The molecule has 5 rings (SSSR count). The van der Waals surface area contributed by atoms with Crippen LogP contribution >= 0.6 is 0 Å². The maximum atomic E-state index is 13.1. The number of allylic oxidation sites excluding steroid dienone is 1. The highest BCUT2D eigenvalue weighted by Gasteiger charge is 2.71. The van der Waals surface area contributed by atoms with Gasteiger partial charge in [0, 0.05) is 49.7 Å². The highest BCUT2D eigenvalue weighted by atomic mass is 16.6. The summed E-state index contributed by atoms with van der Waals surface area (Å²) in [5, 5.41) is 44.9. The third kappa shape index (κ3) is 4.98. The van der Waals surface area contributed by atoms with Crippen LogP contribution in [0.25, 0.3) is 0 Å². The van der Waals surface area contributed by atoms with Crippen LogP contribution in [-0.4, -0.2) is 86.4 Å². The van der Waals surface area contributed by atoms with Gasteiger partial charge in [0.2, 0.25) is 5.88 Å². The van der Waals surface area contributed by atoms with E-state index >= 15 is 0 Å². The van der Waals surface area contributed by atoms with E-state index in [1.54, 1.807) is 13.8 Å². The summed E-state index contributed by atoms with van der Waals surface area (Å²) in [6.45, 7) is 8.11. The van der Waals surface area contributed by atoms with Crippen LogP contribution in [0.3, 0.4) is 0 Å². The molecule has 2 saturated carbocycles. The smallest absolute Gasteiger partial charge is 0.358 e. The van der Waals surface area contributed by atoms with Crippen LogP contribution < -0.4 is 4.74 Å². The Morgan fingerprint density at radius 2 is 1.88 bits per heavy atom. The van der Waals surface area contributed by atoms with Crippen LogP contribution in [0, 0.1) is 41.4 Å². The van der Waals surface area contributed by atoms with Crippen molar-refractivity contribution in [2.24, 2.45) is 41.4 Å². The van der Waals surface area contributed by atoms with Crippen molar-refractivity contribution in [3.05, 3.63) is 41.6 Å². The van der Waals surface area contributed by atoms with E-state index in [4.69, 9.17) is 18.9 Å². The monoisotopic (exact) mass is 603 g/mol. The lowest BCUT2D eigenvalue weighted by Crippen LogP contribution is -2.65. The van der Waals surface area contributed by atoms with Gasteiger partial charge in [-0.1, -0.05) is 32.1 Å². The topological polar surface area (TPSA) is 174 Å². The van der Waals surface area contributed by atoms with Crippen LogP contribution in [0.4, 0.5) is 0 Å². The number of aromatic nitrogens is 1. The Morgan fingerprint density at radius 1 is 1.19 bits per heavy atom. The molecule has 236 valence electrons. The number of aliphatic hydroxyl groups excluding tert-OH is 2. The summed E-state index contributed by atoms with van der Waals surface area (Å²) in [7, 11) is 1.40. The predicted molar refractivity (Wildman–Crippen MR) is 149 cm³/mol. The lowest BCUT2D eigenvalue weighted by atomic mass is 9.46. The number of esters is 3. The van der Waals surface area contributed by atoms with Gasteiger partial charge in [-0.25, -0.2) is 9.59 Å². The number of carbonyl (C=O) groups is 3. The molecule has 3 aliphatic carbocycles. The molecule has 12 nitrogen and oxygen atoms in total. The number of rotatable bonds is 5. The largest absolute Gasteiger partial charge is 0.457 e. The van der Waals surface area contributed by atoms with Crippen molar-refractivity contribution >= 4 is 17.9 Å². The number of fused-ring (bicyclic) bond motifs is 6. The van der Waals surface area contributed by atoms with Crippen molar-refractivity contribution < 1.29 is 53.9 Å². The van der Waals surface area contributed by atoms with Gasteiger partial charge in [0.1, 0.15) is 12.2 Å². The summed E-state index contributed by atoms with van der Waals surface area (Å²) >= 11 is 0. The van der Waals surface area contributed by atoms with Gasteiger partial charge in [0.25, 0.3) is 0 Å². The Morgan fingerprint density at radius 3 is 2.51 bits per heavy atom. The van der Waals surface area contributed by atoms with Crippen molar-refractivity contribution in [2.75, 3.05) is 7.11 Å². The first-order chi connectivity index (χ1) is 20.2. The molecule has 0 aromatic carbocycles. The average molecular weight is 604 g/mol. The van der Waals surface area contributed by atoms with E-state index in [1.807, 2.05) is 32.1 Å². The molecule has 1 aliphatic heterocycles. The molecule has 2 fully saturated rings. The molecule has 0 amide bonds. The molecule has 12 heteroatoms. The lowest BCUT2D eigenvalue weighted by molar-refractivity contribution is -0.186. The van der Waals surface area contributed by atoms with E-state index in [1.165, 1.54) is 26.2 Å². The quantitative estimate of drug-likeness (QED) is 0.220. The maximum absolute atomic E-state index is 13.1. The average Bonchev–Trinajstić information content (AvgIpc) is 3.37. The fraction of sp³-hybridized carbons (Fsp3) is 0.645. The second-order valence-corrected chi connectivity index (χ2v) is 12.6. The molecule has 13 atom stereocenters. The highest BCUT2D eigenvalue weighted by Crippen LogP contribution is 2.66. The van der Waals surface area contributed by atoms with Gasteiger partial charge in [-0.2, -0.15) is 0 Å². The van der Waals surface area contributed by atoms with Crippen LogP contribution in [0.1, 0.15) is 51.5 Å². The van der Waals surface area contributed by atoms with Crippen LogP contribution in [0.15, 0.2) is 35.9 Å². The van der Waals surface area contributed by atoms with Crippen LogP contribution in [0.5, 0.6) is 5.88 Å². The Kier molecular flexibility index (Phi) is 8.27. The van der Waals surface area contributed by atoms with E-state index < -0.39 is 83.6 Å². The zero-order valence-electron chi connectivity index (χ0n) is 25.1. The van der Waals surface area contributed by atoms with Gasteiger partial charge in [0.05, 0.1) is 17.8 Å². The lowest BCUT2D eigenvalue weighted by Gasteiger charge is -2.61. The molecule has 3 unspecified atom stereocenters. The molecule has 0 spiro atoms. The Labute approximate surface area is 249 Å². The summed E-state index contributed by atoms with van der Waals surface area (Å²) < 4.78 is 22.4. The Bertz CT molecular complexity index is 1330. The molecule has 0 radical (unpaired) electrons. The van der Waals surface area contributed by atoms with Crippen molar-refractivity contribution in [1.82, 2.24) is 4.73 Å². The minimum absolute atomic E-state index is 0.122. The van der Waals surface area contributed by atoms with Crippen molar-refractivity contribution in [2.45, 2.75) is 77.2 Å². The molecule has 1 aromatic heterocycles. The number of aliphatic hydroxyl groups is 3. The van der Waals surface area contributed by atoms with Gasteiger partial charge in [-0.3, -0.25) is 4.79 Å².